The van der Waals surface area contributed by atoms with Gasteiger partial charge in [0.2, 0.25) is 0 Å². The molecule has 3 fully saturated rings. The highest BCUT2D eigenvalue weighted by molar-refractivity contribution is 5.26. The Kier molecular flexibility index (Phi) is 11.2. The summed E-state index contributed by atoms with van der Waals surface area (Å²) < 4.78 is 12.4. The quantitative estimate of drug-likeness (QED) is 0.276. The molecule has 1 heteroatoms. The summed E-state index contributed by atoms with van der Waals surface area (Å²) in [7, 11) is 0. The van der Waals surface area contributed by atoms with Gasteiger partial charge in [0.25, 0.3) is 0 Å². The molecule has 1 aromatic rings. The molecule has 196 valence electrons. The molecule has 0 aromatic heterocycles. The molecule has 3 aliphatic carbocycles. The number of benzene rings is 1. The largest absolute Gasteiger partial charge is 0.251 e. The maximum atomic E-state index is 12.4. The summed E-state index contributed by atoms with van der Waals surface area (Å²) in [6.45, 7) is 2.04. The average Bonchev–Trinajstić information content (AvgIpc) is 2.92. The molecule has 1 aromatic carbocycles. The third kappa shape index (κ3) is 8.46. The first kappa shape index (κ1) is 26.9. The molecule has 0 unspecified atom stereocenters. The smallest absolute Gasteiger partial charge is 0.0897 e. The Morgan fingerprint density at radius 2 is 1.23 bits per heavy atom. The van der Waals surface area contributed by atoms with E-state index in [4.69, 9.17) is 0 Å². The van der Waals surface area contributed by atoms with Crippen molar-refractivity contribution in [3.05, 3.63) is 47.5 Å². The molecule has 0 atom stereocenters. The normalized spacial score (nSPS) is 32.2. The van der Waals surface area contributed by atoms with E-state index >= 15 is 0 Å². The first-order valence-electron chi connectivity index (χ1n) is 15.5. The predicted molar refractivity (Wildman–Crippen MR) is 150 cm³/mol. The van der Waals surface area contributed by atoms with Crippen LogP contribution in [0.4, 0.5) is 4.39 Å². The van der Waals surface area contributed by atoms with Gasteiger partial charge in [-0.2, -0.15) is 0 Å². The summed E-state index contributed by atoms with van der Waals surface area (Å²) in [5.41, 5.74) is 2.82. The molecule has 0 nitrogen and oxygen atoms in total. The number of hydrogen-bond acceptors (Lipinski definition) is 0. The maximum absolute atomic E-state index is 12.4. The zero-order valence-electron chi connectivity index (χ0n) is 22.7. The zero-order chi connectivity index (χ0) is 24.3. The van der Waals surface area contributed by atoms with Gasteiger partial charge in [-0.05, 0) is 137 Å². The lowest BCUT2D eigenvalue weighted by molar-refractivity contribution is 0.140. The number of aryl methyl sites for hydroxylation is 1. The molecule has 35 heavy (non-hydrogen) atoms. The molecule has 0 radical (unpaired) electrons. The van der Waals surface area contributed by atoms with E-state index in [1.54, 1.807) is 0 Å². The second-order valence-electron chi connectivity index (χ2n) is 12.5. The van der Waals surface area contributed by atoms with E-state index < -0.39 is 0 Å². The molecule has 0 bridgehead atoms. The van der Waals surface area contributed by atoms with Gasteiger partial charge in [0.1, 0.15) is 0 Å². The van der Waals surface area contributed by atoms with Crippen molar-refractivity contribution >= 4 is 0 Å². The zero-order valence-corrected chi connectivity index (χ0v) is 22.7. The van der Waals surface area contributed by atoms with Crippen LogP contribution in [0, 0.1) is 29.6 Å². The third-order valence-corrected chi connectivity index (χ3v) is 10.2. The van der Waals surface area contributed by atoms with Crippen LogP contribution in [0.5, 0.6) is 0 Å². The van der Waals surface area contributed by atoms with Crippen molar-refractivity contribution in [2.24, 2.45) is 29.6 Å². The molecular formula is C34H53F. The molecule has 0 spiro atoms. The highest BCUT2D eigenvalue weighted by atomic mass is 19.1. The van der Waals surface area contributed by atoms with Gasteiger partial charge in [-0.15, -0.1) is 0 Å². The van der Waals surface area contributed by atoms with Crippen molar-refractivity contribution in [2.45, 2.75) is 128 Å². The summed E-state index contributed by atoms with van der Waals surface area (Å²) in [6, 6.07) is 9.13. The van der Waals surface area contributed by atoms with Crippen LogP contribution in [-0.2, 0) is 6.42 Å². The van der Waals surface area contributed by atoms with Crippen LogP contribution < -0.4 is 0 Å². The van der Waals surface area contributed by atoms with Crippen LogP contribution in [0.3, 0.4) is 0 Å². The van der Waals surface area contributed by atoms with Crippen LogP contribution in [0.2, 0.25) is 0 Å². The molecule has 0 heterocycles. The first-order valence-corrected chi connectivity index (χ1v) is 15.5. The van der Waals surface area contributed by atoms with Gasteiger partial charge >= 0.3 is 0 Å². The number of allylic oxidation sites excluding steroid dienone is 2. The van der Waals surface area contributed by atoms with E-state index in [-0.39, 0.29) is 6.67 Å². The standard InChI is InChI=1S/C34H53F/c1-2-3-4-6-27-10-18-31(19-11-27)33-22-14-29(15-23-33)8-9-30-16-24-34(25-17-30)32-20-12-28(13-21-32)7-5-26-35/h3-4,12-13,20-21,27,29-31,33-34H,2,5-11,14-19,22-26H2,1H3/b4-3+/t27-,29?,30-,31-,33?,34-. The summed E-state index contributed by atoms with van der Waals surface area (Å²) >= 11 is 0. The summed E-state index contributed by atoms with van der Waals surface area (Å²) in [5, 5.41) is 0. The van der Waals surface area contributed by atoms with E-state index in [0.29, 0.717) is 6.42 Å². The van der Waals surface area contributed by atoms with Crippen LogP contribution >= 0.6 is 0 Å². The number of hydrogen-bond donors (Lipinski definition) is 0. The van der Waals surface area contributed by atoms with Crippen LogP contribution in [0.1, 0.15) is 133 Å². The van der Waals surface area contributed by atoms with Crippen molar-refractivity contribution in [1.82, 2.24) is 0 Å². The van der Waals surface area contributed by atoms with Crippen LogP contribution in [-0.4, -0.2) is 6.67 Å². The van der Waals surface area contributed by atoms with E-state index in [2.05, 4.69) is 43.3 Å². The van der Waals surface area contributed by atoms with Crippen molar-refractivity contribution in [1.29, 1.82) is 0 Å². The van der Waals surface area contributed by atoms with E-state index in [1.807, 2.05) is 0 Å². The Balaban J connectivity index is 1.09. The van der Waals surface area contributed by atoms with Crippen molar-refractivity contribution < 1.29 is 4.39 Å². The van der Waals surface area contributed by atoms with Crippen molar-refractivity contribution in [2.75, 3.05) is 6.67 Å². The minimum atomic E-state index is -0.203. The molecule has 0 aliphatic heterocycles. The second kappa shape index (κ2) is 14.6. The van der Waals surface area contributed by atoms with E-state index in [9.17, 15) is 4.39 Å². The number of rotatable bonds is 11. The predicted octanol–water partition coefficient (Wildman–Crippen LogP) is 10.6. The third-order valence-electron chi connectivity index (χ3n) is 10.2. The SMILES string of the molecule is CC/C=C/C[C@H]1CC[C@H](C2CCC(CC[C@H]3CC[C@H](c4ccc(CCCF)cc4)CC3)CC2)CC1. The molecule has 3 saturated carbocycles. The van der Waals surface area contributed by atoms with Gasteiger partial charge in [-0.25, -0.2) is 0 Å². The van der Waals surface area contributed by atoms with Gasteiger partial charge in [0, 0.05) is 0 Å². The summed E-state index contributed by atoms with van der Waals surface area (Å²) in [6.07, 6.45) is 29.6. The molecule has 0 N–H and O–H groups in total. The lowest BCUT2D eigenvalue weighted by Gasteiger charge is -2.38. The van der Waals surface area contributed by atoms with Crippen molar-refractivity contribution in [3.63, 3.8) is 0 Å². The summed E-state index contributed by atoms with van der Waals surface area (Å²) in [4.78, 5) is 0. The highest BCUT2D eigenvalue weighted by Gasteiger charge is 2.31. The Hall–Kier alpha value is -1.11. The fourth-order valence-corrected chi connectivity index (χ4v) is 7.78. The minimum absolute atomic E-state index is 0.203. The maximum Gasteiger partial charge on any atom is 0.0897 e. The Labute approximate surface area is 216 Å². The lowest BCUT2D eigenvalue weighted by atomic mass is 9.68. The fourth-order valence-electron chi connectivity index (χ4n) is 7.78. The minimum Gasteiger partial charge on any atom is -0.251 e. The van der Waals surface area contributed by atoms with Gasteiger partial charge < -0.3 is 0 Å². The second-order valence-corrected chi connectivity index (χ2v) is 12.5. The highest BCUT2D eigenvalue weighted by Crippen LogP contribution is 2.44. The van der Waals surface area contributed by atoms with E-state index in [1.165, 1.54) is 114 Å². The monoisotopic (exact) mass is 480 g/mol. The van der Waals surface area contributed by atoms with Gasteiger partial charge in [-0.3, -0.25) is 4.39 Å². The van der Waals surface area contributed by atoms with Crippen LogP contribution in [0.25, 0.3) is 0 Å². The molecule has 4 rings (SSSR count). The van der Waals surface area contributed by atoms with Gasteiger partial charge in [0.15, 0.2) is 0 Å². The molecule has 0 saturated heterocycles. The number of alkyl halides is 1. The molecular weight excluding hydrogens is 427 g/mol. The Bertz CT molecular complexity index is 709. The first-order chi connectivity index (χ1) is 17.2. The lowest BCUT2D eigenvalue weighted by Crippen LogP contribution is -2.26. The molecule has 3 aliphatic rings. The van der Waals surface area contributed by atoms with Crippen molar-refractivity contribution in [3.8, 4) is 0 Å². The Morgan fingerprint density at radius 3 is 1.77 bits per heavy atom. The average molecular weight is 481 g/mol. The number of halogens is 1. The van der Waals surface area contributed by atoms with Gasteiger partial charge in [-0.1, -0.05) is 69.0 Å². The summed E-state index contributed by atoms with van der Waals surface area (Å²) in [5.74, 6) is 5.84. The fraction of sp³-hybridized carbons (Fsp3) is 0.765. The Morgan fingerprint density at radius 1 is 0.686 bits per heavy atom. The van der Waals surface area contributed by atoms with Crippen LogP contribution in [0.15, 0.2) is 36.4 Å². The molecule has 0 amide bonds. The van der Waals surface area contributed by atoms with E-state index in [0.717, 1.165) is 41.9 Å². The van der Waals surface area contributed by atoms with Gasteiger partial charge in [0.05, 0.1) is 6.67 Å². The topological polar surface area (TPSA) is 0 Å².